The van der Waals surface area contributed by atoms with Crippen LogP contribution in [0.4, 0.5) is 5.82 Å². The molecule has 1 aromatic heterocycles. The smallest absolute Gasteiger partial charge is 0.169 e. The number of anilines is 1. The van der Waals surface area contributed by atoms with Crippen molar-refractivity contribution in [3.05, 3.63) is 16.8 Å². The molecule has 2 heterocycles. The number of aryl methyl sites for hydroxylation is 1. The standard InChI is InChI=1S/C14H20N4S/c1-4-11-12(8-15)14(17-16-13(11)5-2)18-6-7-19-10(3)9-18/h10H,4-7,9H2,1-3H3. The lowest BCUT2D eigenvalue weighted by Crippen LogP contribution is -2.38. The van der Waals surface area contributed by atoms with Gasteiger partial charge in [0, 0.05) is 24.1 Å². The Kier molecular flexibility index (Phi) is 4.65. The van der Waals surface area contributed by atoms with Crippen molar-refractivity contribution >= 4 is 17.6 Å². The lowest BCUT2D eigenvalue weighted by Gasteiger charge is -2.32. The molecule has 4 nitrogen and oxygen atoms in total. The Labute approximate surface area is 119 Å². The Bertz CT molecular complexity index is 495. The number of nitrogens with zero attached hydrogens (tertiary/aromatic N) is 4. The molecule has 0 spiro atoms. The summed E-state index contributed by atoms with van der Waals surface area (Å²) >= 11 is 1.97. The van der Waals surface area contributed by atoms with E-state index in [4.69, 9.17) is 0 Å². The van der Waals surface area contributed by atoms with E-state index in [0.717, 1.165) is 54.3 Å². The first-order valence-corrected chi connectivity index (χ1v) is 7.91. The fourth-order valence-electron chi connectivity index (χ4n) is 2.51. The van der Waals surface area contributed by atoms with Crippen LogP contribution in [0.5, 0.6) is 0 Å². The van der Waals surface area contributed by atoms with Crippen molar-refractivity contribution in [3.8, 4) is 6.07 Å². The molecule has 19 heavy (non-hydrogen) atoms. The lowest BCUT2D eigenvalue weighted by molar-refractivity contribution is 0.746. The summed E-state index contributed by atoms with van der Waals surface area (Å²) < 4.78 is 0. The first-order valence-electron chi connectivity index (χ1n) is 6.86. The third-order valence-electron chi connectivity index (χ3n) is 3.48. The quantitative estimate of drug-likeness (QED) is 0.848. The predicted octanol–water partition coefficient (Wildman–Crippen LogP) is 2.41. The van der Waals surface area contributed by atoms with Gasteiger partial charge >= 0.3 is 0 Å². The van der Waals surface area contributed by atoms with Gasteiger partial charge in [-0.2, -0.15) is 22.1 Å². The van der Waals surface area contributed by atoms with Gasteiger partial charge in [-0.25, -0.2) is 0 Å². The third kappa shape index (κ3) is 2.84. The number of hydrogen-bond donors (Lipinski definition) is 0. The first-order chi connectivity index (χ1) is 9.21. The molecular formula is C14H20N4S. The molecule has 1 saturated heterocycles. The zero-order valence-corrected chi connectivity index (χ0v) is 12.6. The summed E-state index contributed by atoms with van der Waals surface area (Å²) in [6.07, 6.45) is 1.67. The molecular weight excluding hydrogens is 256 g/mol. The van der Waals surface area contributed by atoms with Gasteiger partial charge in [-0.05, 0) is 18.4 Å². The third-order valence-corrected chi connectivity index (χ3v) is 4.62. The summed E-state index contributed by atoms with van der Waals surface area (Å²) in [4.78, 5) is 2.21. The molecule has 5 heteroatoms. The van der Waals surface area contributed by atoms with E-state index in [1.807, 2.05) is 11.8 Å². The average molecular weight is 276 g/mol. The zero-order chi connectivity index (χ0) is 13.8. The van der Waals surface area contributed by atoms with Crippen LogP contribution in [-0.2, 0) is 12.8 Å². The lowest BCUT2D eigenvalue weighted by atomic mass is 10.0. The molecule has 0 bridgehead atoms. The van der Waals surface area contributed by atoms with Gasteiger partial charge in [-0.3, -0.25) is 0 Å². The van der Waals surface area contributed by atoms with Crippen LogP contribution in [0, 0.1) is 11.3 Å². The largest absolute Gasteiger partial charge is 0.352 e. The maximum absolute atomic E-state index is 9.50. The predicted molar refractivity (Wildman–Crippen MR) is 79.6 cm³/mol. The number of nitriles is 1. The van der Waals surface area contributed by atoms with Crippen LogP contribution in [0.2, 0.25) is 0 Å². The van der Waals surface area contributed by atoms with Crippen molar-refractivity contribution in [1.82, 2.24) is 10.2 Å². The van der Waals surface area contributed by atoms with Crippen molar-refractivity contribution in [2.75, 3.05) is 23.7 Å². The summed E-state index contributed by atoms with van der Waals surface area (Å²) in [5.74, 6) is 1.87. The van der Waals surface area contributed by atoms with Crippen LogP contribution in [0.25, 0.3) is 0 Å². The SMILES string of the molecule is CCc1nnc(N2CCSC(C)C2)c(C#N)c1CC. The second-order valence-corrected chi connectivity index (χ2v) is 6.32. The molecule has 1 aliphatic heterocycles. The van der Waals surface area contributed by atoms with E-state index >= 15 is 0 Å². The van der Waals surface area contributed by atoms with Gasteiger partial charge in [0.25, 0.3) is 0 Å². The fourth-order valence-corrected chi connectivity index (χ4v) is 3.53. The van der Waals surface area contributed by atoms with Crippen LogP contribution < -0.4 is 4.90 Å². The fraction of sp³-hybridized carbons (Fsp3) is 0.643. The number of aromatic nitrogens is 2. The Hall–Kier alpha value is -1.28. The van der Waals surface area contributed by atoms with E-state index in [9.17, 15) is 5.26 Å². The minimum Gasteiger partial charge on any atom is -0.352 e. The van der Waals surface area contributed by atoms with Gasteiger partial charge < -0.3 is 4.90 Å². The van der Waals surface area contributed by atoms with Crippen LogP contribution in [0.1, 0.15) is 37.6 Å². The maximum atomic E-state index is 9.50. The molecule has 102 valence electrons. The van der Waals surface area contributed by atoms with Crippen LogP contribution in [-0.4, -0.2) is 34.3 Å². The van der Waals surface area contributed by atoms with E-state index in [-0.39, 0.29) is 0 Å². The summed E-state index contributed by atoms with van der Waals surface area (Å²) in [6.45, 7) is 8.26. The molecule has 1 atom stereocenters. The Morgan fingerprint density at radius 1 is 1.37 bits per heavy atom. The monoisotopic (exact) mass is 276 g/mol. The molecule has 0 radical (unpaired) electrons. The Morgan fingerprint density at radius 2 is 2.16 bits per heavy atom. The van der Waals surface area contributed by atoms with Crippen molar-refractivity contribution in [2.45, 2.75) is 38.9 Å². The minimum absolute atomic E-state index is 0.582. The van der Waals surface area contributed by atoms with Gasteiger partial charge in [-0.15, -0.1) is 5.10 Å². The topological polar surface area (TPSA) is 52.8 Å². The highest BCUT2D eigenvalue weighted by molar-refractivity contribution is 8.00. The molecule has 1 aromatic rings. The molecule has 1 unspecified atom stereocenters. The zero-order valence-electron chi connectivity index (χ0n) is 11.8. The van der Waals surface area contributed by atoms with Gasteiger partial charge in [0.2, 0.25) is 0 Å². The van der Waals surface area contributed by atoms with Crippen molar-refractivity contribution in [1.29, 1.82) is 5.26 Å². The second kappa shape index (κ2) is 6.25. The molecule has 2 rings (SSSR count). The highest BCUT2D eigenvalue weighted by atomic mass is 32.2. The Morgan fingerprint density at radius 3 is 2.74 bits per heavy atom. The molecule has 0 N–H and O–H groups in total. The second-order valence-electron chi connectivity index (χ2n) is 4.77. The minimum atomic E-state index is 0.582. The van der Waals surface area contributed by atoms with Gasteiger partial charge in [-0.1, -0.05) is 20.8 Å². The summed E-state index contributed by atoms with van der Waals surface area (Å²) in [5.41, 5.74) is 2.76. The first kappa shape index (κ1) is 14.1. The van der Waals surface area contributed by atoms with E-state index in [1.54, 1.807) is 0 Å². The molecule has 0 saturated carbocycles. The van der Waals surface area contributed by atoms with Gasteiger partial charge in [0.05, 0.1) is 5.69 Å². The molecule has 1 aliphatic rings. The molecule has 0 aliphatic carbocycles. The Balaban J connectivity index is 2.43. The van der Waals surface area contributed by atoms with E-state index in [2.05, 4.69) is 41.9 Å². The average Bonchev–Trinajstić information content (AvgIpc) is 2.45. The summed E-state index contributed by atoms with van der Waals surface area (Å²) in [6, 6.07) is 2.35. The van der Waals surface area contributed by atoms with Crippen molar-refractivity contribution in [3.63, 3.8) is 0 Å². The van der Waals surface area contributed by atoms with Crippen molar-refractivity contribution < 1.29 is 0 Å². The highest BCUT2D eigenvalue weighted by Gasteiger charge is 2.23. The van der Waals surface area contributed by atoms with E-state index < -0.39 is 0 Å². The number of rotatable bonds is 3. The van der Waals surface area contributed by atoms with Crippen LogP contribution in [0.3, 0.4) is 0 Å². The number of hydrogen-bond acceptors (Lipinski definition) is 5. The van der Waals surface area contributed by atoms with Crippen LogP contribution >= 0.6 is 11.8 Å². The highest BCUT2D eigenvalue weighted by Crippen LogP contribution is 2.27. The molecule has 0 aromatic carbocycles. The number of thioether (sulfide) groups is 1. The summed E-state index contributed by atoms with van der Waals surface area (Å²) in [7, 11) is 0. The van der Waals surface area contributed by atoms with Crippen LogP contribution in [0.15, 0.2) is 0 Å². The van der Waals surface area contributed by atoms with Gasteiger partial charge in [0.1, 0.15) is 11.6 Å². The van der Waals surface area contributed by atoms with E-state index in [0.29, 0.717) is 5.25 Å². The normalized spacial score (nSPS) is 19.3. The molecule has 1 fully saturated rings. The molecule has 0 amide bonds. The van der Waals surface area contributed by atoms with E-state index in [1.165, 1.54) is 0 Å². The summed E-state index contributed by atoms with van der Waals surface area (Å²) in [5, 5.41) is 18.7. The maximum Gasteiger partial charge on any atom is 0.169 e. The van der Waals surface area contributed by atoms with Gasteiger partial charge in [0.15, 0.2) is 5.82 Å². The van der Waals surface area contributed by atoms with Crippen molar-refractivity contribution in [2.24, 2.45) is 0 Å².